The number of rotatable bonds is 8. The van der Waals surface area contributed by atoms with Gasteiger partial charge in [0.15, 0.2) is 11.5 Å². The fourth-order valence-corrected chi connectivity index (χ4v) is 2.49. The highest BCUT2D eigenvalue weighted by Gasteiger charge is 2.12. The molecule has 0 aliphatic heterocycles. The highest BCUT2D eigenvalue weighted by atomic mass is 79.9. The van der Waals surface area contributed by atoms with E-state index in [-0.39, 0.29) is 6.10 Å². The first kappa shape index (κ1) is 17.3. The highest BCUT2D eigenvalue weighted by Crippen LogP contribution is 2.35. The van der Waals surface area contributed by atoms with Gasteiger partial charge < -0.3 is 14.4 Å². The topological polar surface area (TPSA) is 21.7 Å². The van der Waals surface area contributed by atoms with Crippen LogP contribution in [0.2, 0.25) is 0 Å². The van der Waals surface area contributed by atoms with Crippen molar-refractivity contribution in [3.63, 3.8) is 0 Å². The molecule has 0 aliphatic rings. The van der Waals surface area contributed by atoms with Gasteiger partial charge in [0.1, 0.15) is 0 Å². The van der Waals surface area contributed by atoms with Gasteiger partial charge in [0.25, 0.3) is 0 Å². The number of nitrogens with zero attached hydrogens (tertiary/aromatic N) is 1. The van der Waals surface area contributed by atoms with Crippen LogP contribution >= 0.6 is 15.9 Å². The molecule has 1 aromatic rings. The Bertz CT molecular complexity index is 419. The standard InChI is InChI=1S/C16H26BrNO2/c1-6-19-15-10-13(8-7-9-18(4)5)14(17)11-16(15)20-12(2)3/h10-12H,6-9H2,1-5H3. The van der Waals surface area contributed by atoms with Crippen LogP contribution in [0.1, 0.15) is 32.8 Å². The molecule has 0 N–H and O–H groups in total. The zero-order valence-electron chi connectivity index (χ0n) is 13.2. The van der Waals surface area contributed by atoms with Crippen LogP contribution in [0.15, 0.2) is 16.6 Å². The molecule has 0 amide bonds. The molecule has 0 bridgehead atoms. The van der Waals surface area contributed by atoms with Gasteiger partial charge in [0.05, 0.1) is 12.7 Å². The van der Waals surface area contributed by atoms with E-state index in [4.69, 9.17) is 9.47 Å². The number of aryl methyl sites for hydroxylation is 1. The van der Waals surface area contributed by atoms with Crippen molar-refractivity contribution in [1.29, 1.82) is 0 Å². The van der Waals surface area contributed by atoms with Crippen molar-refractivity contribution in [3.8, 4) is 11.5 Å². The molecule has 114 valence electrons. The molecule has 0 atom stereocenters. The lowest BCUT2D eigenvalue weighted by molar-refractivity contribution is 0.223. The monoisotopic (exact) mass is 343 g/mol. The normalized spacial score (nSPS) is 11.2. The van der Waals surface area contributed by atoms with Crippen LogP contribution in [0.5, 0.6) is 11.5 Å². The van der Waals surface area contributed by atoms with Crippen molar-refractivity contribution in [1.82, 2.24) is 4.90 Å². The van der Waals surface area contributed by atoms with Gasteiger partial charge in [-0.15, -0.1) is 0 Å². The molecule has 3 nitrogen and oxygen atoms in total. The second-order valence-electron chi connectivity index (χ2n) is 5.40. The van der Waals surface area contributed by atoms with Crippen molar-refractivity contribution in [2.24, 2.45) is 0 Å². The first-order valence-corrected chi connectivity index (χ1v) is 8.00. The average Bonchev–Trinajstić information content (AvgIpc) is 2.33. The van der Waals surface area contributed by atoms with E-state index in [2.05, 4.69) is 41.0 Å². The molecule has 1 rings (SSSR count). The summed E-state index contributed by atoms with van der Waals surface area (Å²) in [6.07, 6.45) is 2.29. The summed E-state index contributed by atoms with van der Waals surface area (Å²) in [7, 11) is 4.19. The summed E-state index contributed by atoms with van der Waals surface area (Å²) in [5, 5.41) is 0. The van der Waals surface area contributed by atoms with Crippen molar-refractivity contribution in [2.75, 3.05) is 27.2 Å². The van der Waals surface area contributed by atoms with E-state index >= 15 is 0 Å². The lowest BCUT2D eigenvalue weighted by Crippen LogP contribution is -2.13. The van der Waals surface area contributed by atoms with Crippen LogP contribution in [0, 0.1) is 0 Å². The number of ether oxygens (including phenoxy) is 2. The maximum atomic E-state index is 5.81. The van der Waals surface area contributed by atoms with Crippen LogP contribution < -0.4 is 9.47 Å². The first-order valence-electron chi connectivity index (χ1n) is 7.20. The van der Waals surface area contributed by atoms with Crippen molar-refractivity contribution < 1.29 is 9.47 Å². The number of hydrogen-bond acceptors (Lipinski definition) is 3. The maximum absolute atomic E-state index is 5.81. The fourth-order valence-electron chi connectivity index (χ4n) is 1.97. The molecule has 0 heterocycles. The summed E-state index contributed by atoms with van der Waals surface area (Å²) in [5.41, 5.74) is 1.27. The van der Waals surface area contributed by atoms with Crippen LogP contribution in [-0.4, -0.2) is 38.3 Å². The first-order chi connectivity index (χ1) is 9.43. The Labute approximate surface area is 131 Å². The second kappa shape index (κ2) is 8.53. The van der Waals surface area contributed by atoms with E-state index in [1.807, 2.05) is 26.8 Å². The van der Waals surface area contributed by atoms with Gasteiger partial charge in [-0.3, -0.25) is 0 Å². The van der Waals surface area contributed by atoms with E-state index in [1.54, 1.807) is 0 Å². The third kappa shape index (κ3) is 5.71. The average molecular weight is 344 g/mol. The SMILES string of the molecule is CCOc1cc(CCCN(C)C)c(Br)cc1OC(C)C. The van der Waals surface area contributed by atoms with E-state index in [0.29, 0.717) is 6.61 Å². The van der Waals surface area contributed by atoms with Gasteiger partial charge in [-0.1, -0.05) is 15.9 Å². The number of halogens is 1. The van der Waals surface area contributed by atoms with E-state index < -0.39 is 0 Å². The quantitative estimate of drug-likeness (QED) is 0.708. The Hall–Kier alpha value is -0.740. The molecule has 4 heteroatoms. The van der Waals surface area contributed by atoms with Gasteiger partial charge in [0, 0.05) is 4.47 Å². The molecule has 0 spiro atoms. The minimum Gasteiger partial charge on any atom is -0.490 e. The molecule has 20 heavy (non-hydrogen) atoms. The number of hydrogen-bond donors (Lipinski definition) is 0. The summed E-state index contributed by atoms with van der Waals surface area (Å²) >= 11 is 3.64. The Kier molecular flexibility index (Phi) is 7.38. The molecular formula is C16H26BrNO2. The predicted octanol–water partition coefficient (Wildman–Crippen LogP) is 4.13. The van der Waals surface area contributed by atoms with E-state index in [9.17, 15) is 0 Å². The highest BCUT2D eigenvalue weighted by molar-refractivity contribution is 9.10. The Morgan fingerprint density at radius 2 is 1.90 bits per heavy atom. The van der Waals surface area contributed by atoms with Gasteiger partial charge in [-0.25, -0.2) is 0 Å². The van der Waals surface area contributed by atoms with Crippen LogP contribution in [0.3, 0.4) is 0 Å². The summed E-state index contributed by atoms with van der Waals surface area (Å²) < 4.78 is 12.6. The molecule has 0 aliphatic carbocycles. The summed E-state index contributed by atoms with van der Waals surface area (Å²) in [6, 6.07) is 4.12. The molecular weight excluding hydrogens is 318 g/mol. The molecule has 0 saturated heterocycles. The van der Waals surface area contributed by atoms with E-state index in [1.165, 1.54) is 5.56 Å². The van der Waals surface area contributed by atoms with Gasteiger partial charge >= 0.3 is 0 Å². The zero-order chi connectivity index (χ0) is 15.1. The number of benzene rings is 1. The van der Waals surface area contributed by atoms with Crippen LogP contribution in [-0.2, 0) is 6.42 Å². The van der Waals surface area contributed by atoms with E-state index in [0.717, 1.165) is 35.4 Å². The lowest BCUT2D eigenvalue weighted by atomic mass is 10.1. The summed E-state index contributed by atoms with van der Waals surface area (Å²) in [6.45, 7) is 7.77. The molecule has 0 radical (unpaired) electrons. The van der Waals surface area contributed by atoms with Crippen LogP contribution in [0.4, 0.5) is 0 Å². The van der Waals surface area contributed by atoms with Gasteiger partial charge in [-0.05, 0) is 71.9 Å². The second-order valence-corrected chi connectivity index (χ2v) is 6.25. The lowest BCUT2D eigenvalue weighted by Gasteiger charge is -2.17. The molecule has 0 unspecified atom stereocenters. The van der Waals surface area contributed by atoms with Crippen molar-refractivity contribution in [2.45, 2.75) is 39.7 Å². The van der Waals surface area contributed by atoms with Crippen molar-refractivity contribution in [3.05, 3.63) is 22.2 Å². The minimum atomic E-state index is 0.140. The Morgan fingerprint density at radius 1 is 1.20 bits per heavy atom. The minimum absolute atomic E-state index is 0.140. The van der Waals surface area contributed by atoms with Gasteiger partial charge in [-0.2, -0.15) is 0 Å². The van der Waals surface area contributed by atoms with Gasteiger partial charge in [0.2, 0.25) is 0 Å². The zero-order valence-corrected chi connectivity index (χ0v) is 14.8. The molecule has 0 saturated carbocycles. The Balaban J connectivity index is 2.88. The Morgan fingerprint density at radius 3 is 2.45 bits per heavy atom. The smallest absolute Gasteiger partial charge is 0.162 e. The molecule has 0 aromatic heterocycles. The third-order valence-electron chi connectivity index (χ3n) is 2.83. The molecule has 1 aromatic carbocycles. The van der Waals surface area contributed by atoms with Crippen molar-refractivity contribution >= 4 is 15.9 Å². The molecule has 0 fully saturated rings. The fraction of sp³-hybridized carbons (Fsp3) is 0.625. The van der Waals surface area contributed by atoms with Crippen LogP contribution in [0.25, 0.3) is 0 Å². The summed E-state index contributed by atoms with van der Waals surface area (Å²) in [5.74, 6) is 1.65. The third-order valence-corrected chi connectivity index (χ3v) is 3.56. The maximum Gasteiger partial charge on any atom is 0.162 e. The predicted molar refractivity (Wildman–Crippen MR) is 88.0 cm³/mol. The summed E-state index contributed by atoms with van der Waals surface area (Å²) in [4.78, 5) is 2.20. The largest absolute Gasteiger partial charge is 0.490 e.